The molecule has 0 fully saturated rings. The van der Waals surface area contributed by atoms with Crippen molar-refractivity contribution in [3.63, 3.8) is 0 Å². The predicted molar refractivity (Wildman–Crippen MR) is 107 cm³/mol. The van der Waals surface area contributed by atoms with E-state index in [2.05, 4.69) is 10.2 Å². The third-order valence-electron chi connectivity index (χ3n) is 4.25. The lowest BCUT2D eigenvalue weighted by molar-refractivity contribution is 0.626. The number of aryl methyl sites for hydroxylation is 1. The van der Waals surface area contributed by atoms with E-state index >= 15 is 0 Å². The summed E-state index contributed by atoms with van der Waals surface area (Å²) in [6.07, 6.45) is 0. The predicted octanol–water partition coefficient (Wildman–Crippen LogP) is 5.81. The minimum Gasteiger partial charge on any atom is -0.270 e. The normalized spacial score (nSPS) is 11.0. The van der Waals surface area contributed by atoms with E-state index in [1.807, 2.05) is 41.8 Å². The first-order valence-corrected chi connectivity index (χ1v) is 9.74. The molecule has 3 aromatic carbocycles. The molecule has 3 nitrogen and oxygen atoms in total. The molecule has 4 rings (SSSR count). The van der Waals surface area contributed by atoms with Crippen LogP contribution < -0.4 is 0 Å². The van der Waals surface area contributed by atoms with Gasteiger partial charge in [0.05, 0.1) is 0 Å². The van der Waals surface area contributed by atoms with Crippen molar-refractivity contribution in [1.29, 1.82) is 0 Å². The van der Waals surface area contributed by atoms with Crippen molar-refractivity contribution in [3.05, 3.63) is 95.6 Å². The minimum absolute atomic E-state index is 0.259. The molecule has 0 bridgehead atoms. The second-order valence-corrected chi connectivity index (χ2v) is 7.35. The van der Waals surface area contributed by atoms with E-state index in [1.54, 1.807) is 18.2 Å². The molecule has 1 aromatic heterocycles. The Hall–Kier alpha value is -2.99. The lowest BCUT2D eigenvalue weighted by atomic mass is 10.2. The Bertz CT molecular complexity index is 1110. The first kappa shape index (κ1) is 18.4. The van der Waals surface area contributed by atoms with Gasteiger partial charge >= 0.3 is 0 Å². The van der Waals surface area contributed by atoms with Crippen LogP contribution in [0.4, 0.5) is 8.78 Å². The Kier molecular flexibility index (Phi) is 5.21. The minimum atomic E-state index is -0.300. The highest BCUT2D eigenvalue weighted by atomic mass is 32.2. The van der Waals surface area contributed by atoms with Gasteiger partial charge in [-0.05, 0) is 66.6 Å². The first-order valence-electron chi connectivity index (χ1n) is 8.76. The largest absolute Gasteiger partial charge is 0.270 e. The van der Waals surface area contributed by atoms with Gasteiger partial charge in [-0.25, -0.2) is 8.78 Å². The fourth-order valence-corrected chi connectivity index (χ4v) is 3.82. The number of hydrogen-bond acceptors (Lipinski definition) is 3. The van der Waals surface area contributed by atoms with Gasteiger partial charge in [0.25, 0.3) is 0 Å². The molecular weight excluding hydrogens is 376 g/mol. The quantitative estimate of drug-likeness (QED) is 0.401. The Morgan fingerprint density at radius 1 is 0.857 bits per heavy atom. The van der Waals surface area contributed by atoms with Crippen LogP contribution in [0, 0.1) is 18.6 Å². The highest BCUT2D eigenvalue weighted by Gasteiger charge is 2.16. The standard InChI is InChI=1S/C22H17F2N3S/c1-15-4-2-7-20(12-15)27-21(17-8-10-18(23)11-9-17)25-26-22(27)28-14-16-5-3-6-19(24)13-16/h2-13H,14H2,1H3. The maximum absolute atomic E-state index is 13.5. The van der Waals surface area contributed by atoms with Crippen LogP contribution in [0.3, 0.4) is 0 Å². The van der Waals surface area contributed by atoms with Crippen LogP contribution in [0.2, 0.25) is 0 Å². The zero-order valence-electron chi connectivity index (χ0n) is 15.1. The number of rotatable bonds is 5. The van der Waals surface area contributed by atoms with Gasteiger partial charge in [0, 0.05) is 17.0 Å². The summed E-state index contributed by atoms with van der Waals surface area (Å²) in [6, 6.07) is 20.7. The Balaban J connectivity index is 1.74. The molecule has 4 aromatic rings. The van der Waals surface area contributed by atoms with Crippen molar-refractivity contribution in [2.24, 2.45) is 0 Å². The van der Waals surface area contributed by atoms with Gasteiger partial charge in [0.15, 0.2) is 11.0 Å². The molecule has 0 saturated heterocycles. The van der Waals surface area contributed by atoms with E-state index in [9.17, 15) is 8.78 Å². The third-order valence-corrected chi connectivity index (χ3v) is 5.25. The number of hydrogen-bond donors (Lipinski definition) is 0. The molecule has 0 aliphatic rings. The second-order valence-electron chi connectivity index (χ2n) is 6.41. The monoisotopic (exact) mass is 393 g/mol. The summed E-state index contributed by atoms with van der Waals surface area (Å²) in [7, 11) is 0. The molecule has 6 heteroatoms. The lowest BCUT2D eigenvalue weighted by Crippen LogP contribution is -2.00. The molecule has 0 N–H and O–H groups in total. The van der Waals surface area contributed by atoms with E-state index < -0.39 is 0 Å². The van der Waals surface area contributed by atoms with E-state index in [0.717, 1.165) is 22.4 Å². The van der Waals surface area contributed by atoms with E-state index in [0.29, 0.717) is 16.7 Å². The Morgan fingerprint density at radius 2 is 1.64 bits per heavy atom. The molecule has 0 aliphatic heterocycles. The van der Waals surface area contributed by atoms with E-state index in [1.165, 1.54) is 36.0 Å². The summed E-state index contributed by atoms with van der Waals surface area (Å²) in [4.78, 5) is 0. The fraction of sp³-hybridized carbons (Fsp3) is 0.0909. The maximum atomic E-state index is 13.5. The number of thioether (sulfide) groups is 1. The molecule has 140 valence electrons. The summed E-state index contributed by atoms with van der Waals surface area (Å²) < 4.78 is 28.8. The topological polar surface area (TPSA) is 30.7 Å². The van der Waals surface area contributed by atoms with Crippen LogP contribution in [0.25, 0.3) is 17.1 Å². The van der Waals surface area contributed by atoms with Crippen molar-refractivity contribution in [2.75, 3.05) is 0 Å². The summed E-state index contributed by atoms with van der Waals surface area (Å²) in [5, 5.41) is 9.38. The molecule has 0 amide bonds. The van der Waals surface area contributed by atoms with Crippen LogP contribution in [-0.4, -0.2) is 14.8 Å². The average Bonchev–Trinajstić information content (AvgIpc) is 3.11. The van der Waals surface area contributed by atoms with Crippen LogP contribution in [-0.2, 0) is 5.75 Å². The molecule has 0 spiro atoms. The van der Waals surface area contributed by atoms with E-state index in [-0.39, 0.29) is 11.6 Å². The Labute approximate surface area is 166 Å². The third kappa shape index (κ3) is 3.97. The van der Waals surface area contributed by atoms with Gasteiger partial charge in [-0.3, -0.25) is 4.57 Å². The SMILES string of the molecule is Cc1cccc(-n2c(SCc3cccc(F)c3)nnc2-c2ccc(F)cc2)c1. The smallest absolute Gasteiger partial charge is 0.196 e. The number of aromatic nitrogens is 3. The molecule has 0 atom stereocenters. The molecule has 0 aliphatic carbocycles. The van der Waals surface area contributed by atoms with Crippen molar-refractivity contribution in [3.8, 4) is 17.1 Å². The van der Waals surface area contributed by atoms with Crippen LogP contribution >= 0.6 is 11.8 Å². The van der Waals surface area contributed by atoms with Crippen molar-refractivity contribution in [2.45, 2.75) is 17.8 Å². The molecule has 0 saturated carbocycles. The summed E-state index contributed by atoms with van der Waals surface area (Å²) in [5.41, 5.74) is 3.67. The van der Waals surface area contributed by atoms with Crippen molar-refractivity contribution < 1.29 is 8.78 Å². The highest BCUT2D eigenvalue weighted by molar-refractivity contribution is 7.98. The van der Waals surface area contributed by atoms with Crippen LogP contribution in [0.5, 0.6) is 0 Å². The molecule has 1 heterocycles. The molecule has 28 heavy (non-hydrogen) atoms. The van der Waals surface area contributed by atoms with E-state index in [4.69, 9.17) is 0 Å². The average molecular weight is 393 g/mol. The molecule has 0 radical (unpaired) electrons. The van der Waals surface area contributed by atoms with Gasteiger partial charge in [-0.2, -0.15) is 0 Å². The fourth-order valence-electron chi connectivity index (χ4n) is 2.92. The van der Waals surface area contributed by atoms with Gasteiger partial charge < -0.3 is 0 Å². The van der Waals surface area contributed by atoms with Crippen LogP contribution in [0.1, 0.15) is 11.1 Å². The van der Waals surface area contributed by atoms with Crippen LogP contribution in [0.15, 0.2) is 78.0 Å². The van der Waals surface area contributed by atoms with Gasteiger partial charge in [-0.15, -0.1) is 10.2 Å². The summed E-state index contributed by atoms with van der Waals surface area (Å²) in [5.74, 6) is 0.633. The Morgan fingerprint density at radius 3 is 2.39 bits per heavy atom. The summed E-state index contributed by atoms with van der Waals surface area (Å²) in [6.45, 7) is 2.02. The maximum Gasteiger partial charge on any atom is 0.196 e. The first-order chi connectivity index (χ1) is 13.6. The zero-order chi connectivity index (χ0) is 19.5. The lowest BCUT2D eigenvalue weighted by Gasteiger charge is -2.11. The van der Waals surface area contributed by atoms with Gasteiger partial charge in [0.2, 0.25) is 0 Å². The summed E-state index contributed by atoms with van der Waals surface area (Å²) >= 11 is 1.48. The van der Waals surface area contributed by atoms with Gasteiger partial charge in [-0.1, -0.05) is 36.0 Å². The van der Waals surface area contributed by atoms with Crippen molar-refractivity contribution >= 4 is 11.8 Å². The molecular formula is C22H17F2N3S. The number of nitrogens with zero attached hydrogens (tertiary/aromatic N) is 3. The second kappa shape index (κ2) is 7.94. The zero-order valence-corrected chi connectivity index (χ0v) is 16.0. The number of halogens is 2. The van der Waals surface area contributed by atoms with Gasteiger partial charge in [0.1, 0.15) is 11.6 Å². The molecule has 0 unspecified atom stereocenters. The number of benzene rings is 3. The van der Waals surface area contributed by atoms with Crippen molar-refractivity contribution in [1.82, 2.24) is 14.8 Å². The highest BCUT2D eigenvalue weighted by Crippen LogP contribution is 2.30.